The van der Waals surface area contributed by atoms with Crippen LogP contribution < -0.4 is 35.3 Å². The fourth-order valence-corrected chi connectivity index (χ4v) is 1.99. The van der Waals surface area contributed by atoms with Crippen LogP contribution >= 0.6 is 0 Å². The van der Waals surface area contributed by atoms with E-state index in [1.54, 1.807) is 13.2 Å². The third-order valence-corrected chi connectivity index (χ3v) is 2.60. The van der Waals surface area contributed by atoms with Crippen LogP contribution in [0.2, 0.25) is 0 Å². The first-order chi connectivity index (χ1) is 7.63. The number of hydrogen-bond acceptors (Lipinski definition) is 6. The van der Waals surface area contributed by atoms with Crippen molar-refractivity contribution in [3.8, 4) is 0 Å². The first kappa shape index (κ1) is 19.9. The summed E-state index contributed by atoms with van der Waals surface area (Å²) in [5.74, 6) is 0. The van der Waals surface area contributed by atoms with Gasteiger partial charge in [0.1, 0.15) is 0 Å². The molecule has 4 N–H and O–H groups in total. The molecule has 0 aromatic rings. The summed E-state index contributed by atoms with van der Waals surface area (Å²) in [4.78, 5) is 12.7. The Morgan fingerprint density at radius 2 is 2.17 bits per heavy atom. The number of hydrogen-bond donors (Lipinski definition) is 1. The van der Waals surface area contributed by atoms with Crippen LogP contribution in [0.5, 0.6) is 0 Å². The Kier molecular flexibility index (Phi) is 10.5. The van der Waals surface area contributed by atoms with Crippen LogP contribution in [-0.4, -0.2) is 64.9 Å². The van der Waals surface area contributed by atoms with Gasteiger partial charge in [0.25, 0.3) is 0 Å². The van der Waals surface area contributed by atoms with Gasteiger partial charge in [-0.15, -0.1) is 0 Å². The summed E-state index contributed by atoms with van der Waals surface area (Å²) in [5.41, 5.74) is 3.73. The average Bonchev–Trinajstić information content (AvgIpc) is 2.27. The molecule has 1 heterocycles. The van der Waals surface area contributed by atoms with Gasteiger partial charge in [-0.3, -0.25) is 4.90 Å². The van der Waals surface area contributed by atoms with E-state index in [2.05, 4.69) is 11.0 Å². The molecule has 0 saturated carbocycles. The zero-order valence-corrected chi connectivity index (χ0v) is 12.7. The minimum Gasteiger partial charge on any atom is -0.870 e. The Morgan fingerprint density at radius 3 is 2.61 bits per heavy atom. The van der Waals surface area contributed by atoms with Gasteiger partial charge in [-0.2, -0.15) is 5.01 Å². The molecule has 18 heavy (non-hydrogen) atoms. The Hall–Kier alpha value is -0.450. The van der Waals surface area contributed by atoms with Crippen molar-refractivity contribution in [3.63, 3.8) is 0 Å². The molecular formula is C8H17N5NaO4-. The van der Waals surface area contributed by atoms with Crippen molar-refractivity contribution >= 4 is 6.29 Å². The standard InChI is InChI=1S/C8H16N5O3.Na.H2O/c1-7-4-11(3-2-9)5-8(6-14)12(7)13(16)10-15;;/h7-8,15H,2-5,9H2,1H3;;1H2/q-1;+1;/p-1/b13-10+;;. The minimum atomic E-state index is -0.745. The molecule has 2 unspecified atom stereocenters. The number of quaternary nitrogens is 1. The van der Waals surface area contributed by atoms with Gasteiger partial charge < -0.3 is 26.4 Å². The monoisotopic (exact) mass is 270 g/mol. The molecule has 100 valence electrons. The van der Waals surface area contributed by atoms with E-state index in [9.17, 15) is 15.2 Å². The van der Waals surface area contributed by atoms with Crippen molar-refractivity contribution in [3.05, 3.63) is 10.4 Å². The molecule has 1 rings (SSSR count). The van der Waals surface area contributed by atoms with Crippen molar-refractivity contribution in [1.82, 2.24) is 9.91 Å². The zero-order valence-electron chi connectivity index (χ0n) is 10.7. The van der Waals surface area contributed by atoms with Gasteiger partial charge in [0.15, 0.2) is 0 Å². The van der Waals surface area contributed by atoms with Gasteiger partial charge in [0, 0.05) is 24.1 Å². The third-order valence-electron chi connectivity index (χ3n) is 2.60. The van der Waals surface area contributed by atoms with Gasteiger partial charge in [-0.1, -0.05) is 0 Å². The zero-order chi connectivity index (χ0) is 12.1. The van der Waals surface area contributed by atoms with Gasteiger partial charge in [-0.05, 0) is 18.7 Å². The van der Waals surface area contributed by atoms with Gasteiger partial charge in [0.05, 0.1) is 12.6 Å². The summed E-state index contributed by atoms with van der Waals surface area (Å²) in [6, 6.07) is -0.993. The van der Waals surface area contributed by atoms with E-state index in [1.807, 2.05) is 4.90 Å². The molecule has 0 radical (unpaired) electrons. The minimum absolute atomic E-state index is 0. The Balaban J connectivity index is 0. The van der Waals surface area contributed by atoms with E-state index in [0.717, 1.165) is 18.1 Å². The molecule has 1 fully saturated rings. The summed E-state index contributed by atoms with van der Waals surface area (Å²) >= 11 is 0. The molecule has 10 heteroatoms. The van der Waals surface area contributed by atoms with E-state index in [-0.39, 0.29) is 46.0 Å². The fourth-order valence-electron chi connectivity index (χ4n) is 1.99. The molecule has 1 saturated heterocycles. The number of rotatable bonds is 4. The van der Waals surface area contributed by atoms with Gasteiger partial charge in [-0.25, -0.2) is 6.29 Å². The molecule has 0 spiro atoms. The van der Waals surface area contributed by atoms with Crippen molar-refractivity contribution in [2.24, 2.45) is 5.28 Å². The van der Waals surface area contributed by atoms with Crippen LogP contribution in [0.4, 0.5) is 0 Å². The summed E-state index contributed by atoms with van der Waals surface area (Å²) in [5, 5.41) is 24.7. The molecule has 2 atom stereocenters. The molecule has 0 aromatic carbocycles. The average molecular weight is 270 g/mol. The smallest absolute Gasteiger partial charge is 0.870 e. The first-order valence-corrected chi connectivity index (χ1v) is 5.12. The summed E-state index contributed by atoms with van der Waals surface area (Å²) in [7, 11) is 0. The normalized spacial score (nSPS) is 25.0. The summed E-state index contributed by atoms with van der Waals surface area (Å²) < 4.78 is 0. The van der Waals surface area contributed by atoms with Crippen LogP contribution in [0.1, 0.15) is 6.92 Å². The van der Waals surface area contributed by atoms with E-state index < -0.39 is 6.04 Å². The second-order valence-corrected chi connectivity index (χ2v) is 3.81. The Labute approximate surface area is 127 Å². The molecule has 9 nitrogen and oxygen atoms in total. The molecule has 0 bridgehead atoms. The van der Waals surface area contributed by atoms with E-state index >= 15 is 0 Å². The largest absolute Gasteiger partial charge is 1.00 e. The summed E-state index contributed by atoms with van der Waals surface area (Å²) in [6.45, 7) is 4.21. The molecule has 1 aliphatic heterocycles. The molecule has 0 aromatic heterocycles. The van der Waals surface area contributed by atoms with Crippen LogP contribution in [-0.2, 0) is 4.79 Å². The fraction of sp³-hybridized carbons (Fsp3) is 0.875. The van der Waals surface area contributed by atoms with Crippen molar-refractivity contribution < 1.29 is 50.5 Å². The van der Waals surface area contributed by atoms with Crippen LogP contribution in [0.25, 0.3) is 0 Å². The molecule has 1 aliphatic rings. The van der Waals surface area contributed by atoms with E-state index in [1.165, 1.54) is 0 Å². The maximum Gasteiger partial charge on any atom is 1.00 e. The van der Waals surface area contributed by atoms with Gasteiger partial charge in [0.2, 0.25) is 0 Å². The third kappa shape index (κ3) is 4.67. The van der Waals surface area contributed by atoms with E-state index in [0.29, 0.717) is 13.1 Å². The molecule has 0 aliphatic carbocycles. The Morgan fingerprint density at radius 1 is 1.56 bits per heavy atom. The van der Waals surface area contributed by atoms with Crippen LogP contribution in [0.15, 0.2) is 5.28 Å². The van der Waals surface area contributed by atoms with Crippen molar-refractivity contribution in [2.75, 3.05) is 26.2 Å². The maximum absolute atomic E-state index is 11.2. The topological polar surface area (TPSA) is 143 Å². The second-order valence-electron chi connectivity index (χ2n) is 3.81. The Bertz CT molecular complexity index is 280. The van der Waals surface area contributed by atoms with Crippen molar-refractivity contribution in [2.45, 2.75) is 19.0 Å². The quantitative estimate of drug-likeness (QED) is 0.178. The van der Waals surface area contributed by atoms with Gasteiger partial charge >= 0.3 is 29.6 Å². The van der Waals surface area contributed by atoms with Crippen LogP contribution in [0, 0.1) is 10.4 Å². The molecular weight excluding hydrogens is 253 g/mol. The number of carbonyl (C=O) groups excluding carboxylic acids is 1. The predicted octanol–water partition coefficient (Wildman–Crippen LogP) is -5.08. The first-order valence-electron chi connectivity index (χ1n) is 5.12. The van der Waals surface area contributed by atoms with Crippen LogP contribution in [0.3, 0.4) is 0 Å². The maximum atomic E-state index is 11.2. The molecule has 0 amide bonds. The summed E-state index contributed by atoms with van der Waals surface area (Å²) in [6.07, 6.45) is 1.76. The van der Waals surface area contributed by atoms with E-state index in [4.69, 9.17) is 0 Å². The number of nitrogens with zero attached hydrogens (tertiary/aromatic N) is 4. The van der Waals surface area contributed by atoms with Crippen molar-refractivity contribution in [1.29, 1.82) is 0 Å². The number of hydrazine groups is 1. The second kappa shape index (κ2) is 9.48. The number of piperazine rings is 1. The predicted molar refractivity (Wildman–Crippen MR) is 56.3 cm³/mol. The SMILES string of the molecule is CC1CN(CC[NH3+])CC([C-]=O)N1/[N+]([O-])=N\[O-].[Na+].[OH-].